The molecule has 0 saturated heterocycles. The highest BCUT2D eigenvalue weighted by Crippen LogP contribution is 2.20. The smallest absolute Gasteiger partial charge is 0.0669 e. The first-order chi connectivity index (χ1) is 7.38. The molecule has 1 atom stereocenters. The van der Waals surface area contributed by atoms with Gasteiger partial charge in [-0.15, -0.1) is 11.3 Å². The predicted octanol–water partition coefficient (Wildman–Crippen LogP) is 2.94. The van der Waals surface area contributed by atoms with Crippen molar-refractivity contribution in [2.75, 3.05) is 6.54 Å². The highest BCUT2D eigenvalue weighted by Gasteiger charge is 2.16. The Labute approximate surface area is 103 Å². The van der Waals surface area contributed by atoms with E-state index < -0.39 is 0 Å². The lowest BCUT2D eigenvalue weighted by Crippen LogP contribution is -2.29. The van der Waals surface area contributed by atoms with Crippen LogP contribution < -0.4 is 5.32 Å². The molecule has 0 radical (unpaired) electrons. The Kier molecular flexibility index (Phi) is 4.96. The second-order valence-corrected chi connectivity index (χ2v) is 6.58. The van der Waals surface area contributed by atoms with Crippen LogP contribution in [-0.2, 0) is 6.54 Å². The Morgan fingerprint density at radius 1 is 1.44 bits per heavy atom. The average molecular weight is 241 g/mol. The van der Waals surface area contributed by atoms with Gasteiger partial charge in [0, 0.05) is 18.0 Å². The zero-order valence-electron chi connectivity index (χ0n) is 10.7. The molecule has 3 heteroatoms. The second-order valence-electron chi connectivity index (χ2n) is 5.58. The van der Waals surface area contributed by atoms with Gasteiger partial charge in [-0.05, 0) is 35.8 Å². The third-order valence-corrected chi connectivity index (χ3v) is 3.50. The number of hydrogen-bond acceptors (Lipinski definition) is 3. The summed E-state index contributed by atoms with van der Waals surface area (Å²) in [4.78, 5) is 1.36. The van der Waals surface area contributed by atoms with Crippen LogP contribution in [0.15, 0.2) is 11.4 Å². The van der Waals surface area contributed by atoms with Crippen LogP contribution in [0.1, 0.15) is 37.6 Å². The first kappa shape index (κ1) is 13.7. The lowest BCUT2D eigenvalue weighted by atomic mass is 9.89. The lowest BCUT2D eigenvalue weighted by molar-refractivity contribution is 0.119. The second kappa shape index (κ2) is 5.80. The van der Waals surface area contributed by atoms with Crippen molar-refractivity contribution in [3.05, 3.63) is 21.9 Å². The van der Waals surface area contributed by atoms with E-state index >= 15 is 0 Å². The maximum Gasteiger partial charge on any atom is 0.0669 e. The van der Waals surface area contributed by atoms with Crippen molar-refractivity contribution >= 4 is 11.3 Å². The zero-order chi connectivity index (χ0) is 12.2. The summed E-state index contributed by atoms with van der Waals surface area (Å²) in [6.45, 7) is 10.1. The highest BCUT2D eigenvalue weighted by atomic mass is 32.1. The largest absolute Gasteiger partial charge is 0.392 e. The van der Waals surface area contributed by atoms with Gasteiger partial charge in [0.2, 0.25) is 0 Å². The molecule has 1 aromatic heterocycles. The van der Waals surface area contributed by atoms with Crippen LogP contribution in [0.25, 0.3) is 0 Å². The number of nitrogens with one attached hydrogen (secondary N) is 1. The molecular weight excluding hydrogens is 218 g/mol. The van der Waals surface area contributed by atoms with Crippen molar-refractivity contribution in [2.45, 2.75) is 46.8 Å². The molecule has 0 bridgehead atoms. The van der Waals surface area contributed by atoms with Gasteiger partial charge < -0.3 is 10.4 Å². The molecule has 0 aliphatic carbocycles. The first-order valence-electron chi connectivity index (χ1n) is 5.80. The van der Waals surface area contributed by atoms with E-state index in [2.05, 4.69) is 44.5 Å². The van der Waals surface area contributed by atoms with Gasteiger partial charge in [0.25, 0.3) is 0 Å². The molecule has 92 valence electrons. The monoisotopic (exact) mass is 241 g/mol. The van der Waals surface area contributed by atoms with Crippen molar-refractivity contribution in [3.63, 3.8) is 0 Å². The SMILES string of the molecule is Cc1ccsc1CNCC(O)CC(C)(C)C. The van der Waals surface area contributed by atoms with Crippen molar-refractivity contribution < 1.29 is 5.11 Å². The Balaban J connectivity index is 2.23. The molecule has 1 rings (SSSR count). The van der Waals surface area contributed by atoms with Gasteiger partial charge >= 0.3 is 0 Å². The normalized spacial score (nSPS) is 14.1. The summed E-state index contributed by atoms with van der Waals surface area (Å²) in [5, 5.41) is 15.2. The Hall–Kier alpha value is -0.380. The van der Waals surface area contributed by atoms with E-state index in [4.69, 9.17) is 0 Å². The lowest BCUT2D eigenvalue weighted by Gasteiger charge is -2.22. The van der Waals surface area contributed by atoms with Gasteiger partial charge in [-0.2, -0.15) is 0 Å². The molecule has 0 aliphatic rings. The fourth-order valence-electron chi connectivity index (χ4n) is 1.72. The molecule has 0 aromatic carbocycles. The van der Waals surface area contributed by atoms with E-state index in [1.807, 2.05) is 0 Å². The number of hydrogen-bond donors (Lipinski definition) is 2. The molecule has 1 aromatic rings. The van der Waals surface area contributed by atoms with Crippen molar-refractivity contribution in [1.82, 2.24) is 5.32 Å². The van der Waals surface area contributed by atoms with Crippen LogP contribution in [0.4, 0.5) is 0 Å². The summed E-state index contributed by atoms with van der Waals surface area (Å²) < 4.78 is 0. The summed E-state index contributed by atoms with van der Waals surface area (Å²) in [6.07, 6.45) is 0.587. The third-order valence-electron chi connectivity index (χ3n) is 2.48. The van der Waals surface area contributed by atoms with Gasteiger partial charge in [0.1, 0.15) is 0 Å². The van der Waals surface area contributed by atoms with Crippen LogP contribution >= 0.6 is 11.3 Å². The van der Waals surface area contributed by atoms with Crippen molar-refractivity contribution in [3.8, 4) is 0 Å². The fraction of sp³-hybridized carbons (Fsp3) is 0.692. The minimum atomic E-state index is -0.250. The van der Waals surface area contributed by atoms with Crippen LogP contribution in [0.5, 0.6) is 0 Å². The van der Waals surface area contributed by atoms with Gasteiger partial charge in [-0.1, -0.05) is 20.8 Å². The number of aliphatic hydroxyl groups is 1. The van der Waals surface area contributed by atoms with Gasteiger partial charge in [0.05, 0.1) is 6.10 Å². The minimum Gasteiger partial charge on any atom is -0.392 e. The summed E-state index contributed by atoms with van der Waals surface area (Å²) >= 11 is 1.77. The zero-order valence-corrected chi connectivity index (χ0v) is 11.5. The van der Waals surface area contributed by atoms with Crippen LogP contribution in [0.2, 0.25) is 0 Å². The van der Waals surface area contributed by atoms with E-state index in [0.29, 0.717) is 6.54 Å². The maximum absolute atomic E-state index is 9.82. The summed E-state index contributed by atoms with van der Waals surface area (Å²) in [7, 11) is 0. The van der Waals surface area contributed by atoms with E-state index in [0.717, 1.165) is 13.0 Å². The van der Waals surface area contributed by atoms with Gasteiger partial charge in [-0.3, -0.25) is 0 Å². The Bertz CT molecular complexity index is 314. The summed E-state index contributed by atoms with van der Waals surface area (Å²) in [5.41, 5.74) is 1.53. The quantitative estimate of drug-likeness (QED) is 0.830. The fourth-order valence-corrected chi connectivity index (χ4v) is 2.59. The number of rotatable bonds is 5. The van der Waals surface area contributed by atoms with E-state index in [1.165, 1.54) is 10.4 Å². The van der Waals surface area contributed by atoms with E-state index in [-0.39, 0.29) is 11.5 Å². The standard InChI is InChI=1S/C13H23NOS/c1-10-5-6-16-12(10)9-14-8-11(15)7-13(2,3)4/h5-6,11,14-15H,7-9H2,1-4H3. The molecule has 0 amide bonds. The van der Waals surface area contributed by atoms with E-state index in [9.17, 15) is 5.11 Å². The predicted molar refractivity (Wildman–Crippen MR) is 70.8 cm³/mol. The van der Waals surface area contributed by atoms with Crippen LogP contribution in [0, 0.1) is 12.3 Å². The molecule has 2 N–H and O–H groups in total. The Morgan fingerprint density at radius 2 is 2.12 bits per heavy atom. The molecule has 0 fully saturated rings. The average Bonchev–Trinajstić information content (AvgIpc) is 2.48. The van der Waals surface area contributed by atoms with Crippen LogP contribution in [-0.4, -0.2) is 17.8 Å². The molecule has 16 heavy (non-hydrogen) atoms. The summed E-state index contributed by atoms with van der Waals surface area (Å²) in [5.74, 6) is 0. The van der Waals surface area contributed by atoms with Gasteiger partial charge in [0.15, 0.2) is 0 Å². The Morgan fingerprint density at radius 3 is 2.62 bits per heavy atom. The van der Waals surface area contributed by atoms with E-state index in [1.54, 1.807) is 11.3 Å². The molecular formula is C13H23NOS. The van der Waals surface area contributed by atoms with Crippen molar-refractivity contribution in [2.24, 2.45) is 5.41 Å². The molecule has 0 spiro atoms. The molecule has 0 aliphatic heterocycles. The molecule has 1 heterocycles. The van der Waals surface area contributed by atoms with Crippen molar-refractivity contribution in [1.29, 1.82) is 0 Å². The topological polar surface area (TPSA) is 32.3 Å². The third kappa shape index (κ3) is 5.10. The van der Waals surface area contributed by atoms with Crippen LogP contribution in [0.3, 0.4) is 0 Å². The maximum atomic E-state index is 9.82. The molecule has 2 nitrogen and oxygen atoms in total. The number of aliphatic hydroxyl groups excluding tert-OH is 1. The number of thiophene rings is 1. The molecule has 0 saturated carbocycles. The minimum absolute atomic E-state index is 0.194. The number of aryl methyl sites for hydroxylation is 1. The first-order valence-corrected chi connectivity index (χ1v) is 6.68. The molecule has 1 unspecified atom stereocenters. The summed E-state index contributed by atoms with van der Waals surface area (Å²) in [6, 6.07) is 2.13. The highest BCUT2D eigenvalue weighted by molar-refractivity contribution is 7.10. The van der Waals surface area contributed by atoms with Gasteiger partial charge in [-0.25, -0.2) is 0 Å².